The van der Waals surface area contributed by atoms with Gasteiger partial charge in [-0.2, -0.15) is 12.6 Å². The molecule has 1 N–H and O–H groups in total. The summed E-state index contributed by atoms with van der Waals surface area (Å²) in [5.41, 5.74) is 2.75. The second kappa shape index (κ2) is 8.58. The number of allylic oxidation sites excluding steroid dienone is 2. The van der Waals surface area contributed by atoms with E-state index in [1.54, 1.807) is 0 Å². The van der Waals surface area contributed by atoms with Crippen molar-refractivity contribution in [1.82, 2.24) is 0 Å². The van der Waals surface area contributed by atoms with E-state index < -0.39 is 5.25 Å². The molecule has 3 nitrogen and oxygen atoms in total. The highest BCUT2D eigenvalue weighted by Crippen LogP contribution is 2.24. The molecule has 0 radical (unpaired) electrons. The molecule has 1 atom stereocenters. The molecule has 2 aromatic carbocycles. The van der Waals surface area contributed by atoms with Gasteiger partial charge in [0.05, 0.1) is 0 Å². The van der Waals surface area contributed by atoms with Crippen molar-refractivity contribution in [3.63, 3.8) is 0 Å². The molecule has 1 unspecified atom stereocenters. The summed E-state index contributed by atoms with van der Waals surface area (Å²) in [6.45, 7) is 0.535. The van der Waals surface area contributed by atoms with Gasteiger partial charge in [0.1, 0.15) is 17.6 Å². The Morgan fingerprint density at radius 3 is 2.72 bits per heavy atom. The molecule has 0 aromatic heterocycles. The number of carbonyl (C=O) groups excluding carboxylic acids is 1. The average Bonchev–Trinajstić information content (AvgIpc) is 2.67. The van der Waals surface area contributed by atoms with Crippen LogP contribution >= 0.6 is 12.6 Å². The van der Waals surface area contributed by atoms with Crippen molar-refractivity contribution in [2.24, 2.45) is 0 Å². The highest BCUT2D eigenvalue weighted by molar-refractivity contribution is 7.81. The molecule has 0 saturated carbocycles. The van der Waals surface area contributed by atoms with Crippen molar-refractivity contribution in [1.29, 1.82) is 0 Å². The molecule has 4 heteroatoms. The third-order valence-corrected chi connectivity index (χ3v) is 4.48. The van der Waals surface area contributed by atoms with Crippen LogP contribution in [-0.4, -0.2) is 12.5 Å². The molecule has 0 aliphatic heterocycles. The molecule has 3 rings (SSSR count). The lowest BCUT2D eigenvalue weighted by Crippen LogP contribution is -2.17. The summed E-state index contributed by atoms with van der Waals surface area (Å²) in [6, 6.07) is 16.9. The maximum absolute atomic E-state index is 12.4. The van der Waals surface area contributed by atoms with E-state index in [0.717, 1.165) is 24.2 Å². The smallest absolute Gasteiger partial charge is 0.241 e. The Hall–Kier alpha value is -2.46. The van der Waals surface area contributed by atoms with Crippen molar-refractivity contribution in [2.45, 2.75) is 18.1 Å². The fraction of sp³-hybridized carbons (Fsp3) is 0.190. The molecule has 1 aliphatic carbocycles. The highest BCUT2D eigenvalue weighted by atomic mass is 32.1. The van der Waals surface area contributed by atoms with Crippen LogP contribution in [-0.2, 0) is 4.79 Å². The molecular formula is C21H21NO2S. The van der Waals surface area contributed by atoms with Crippen LogP contribution in [0.4, 0.5) is 5.69 Å². The van der Waals surface area contributed by atoms with Crippen LogP contribution in [0.1, 0.15) is 23.7 Å². The molecule has 0 bridgehead atoms. The van der Waals surface area contributed by atoms with E-state index >= 15 is 0 Å². The van der Waals surface area contributed by atoms with Gasteiger partial charge < -0.3 is 10.1 Å². The molecule has 25 heavy (non-hydrogen) atoms. The minimum atomic E-state index is -0.511. The largest absolute Gasteiger partial charge is 0.489 e. The highest BCUT2D eigenvalue weighted by Gasteiger charge is 2.16. The van der Waals surface area contributed by atoms with E-state index in [1.165, 1.54) is 5.57 Å². The van der Waals surface area contributed by atoms with E-state index in [2.05, 4.69) is 36.2 Å². The predicted molar refractivity (Wildman–Crippen MR) is 105 cm³/mol. The quantitative estimate of drug-likeness (QED) is 0.723. The van der Waals surface area contributed by atoms with Crippen molar-refractivity contribution in [3.05, 3.63) is 84.0 Å². The maximum atomic E-state index is 12.4. The Labute approximate surface area is 153 Å². The van der Waals surface area contributed by atoms with Gasteiger partial charge in [-0.1, -0.05) is 54.6 Å². The predicted octanol–water partition coefficient (Wildman–Crippen LogP) is 4.95. The standard InChI is InChI=1S/C21H21NO2S/c23-21(20(25)17-10-5-2-6-11-17)22-18-12-7-13-19(14-18)24-15-16-8-3-1-4-9-16/h2-3,5-14,20,25H,1,4,15H2,(H,22,23). The average molecular weight is 351 g/mol. The normalized spacial score (nSPS) is 14.5. The van der Waals surface area contributed by atoms with Gasteiger partial charge in [0, 0.05) is 11.8 Å². The van der Waals surface area contributed by atoms with Gasteiger partial charge >= 0.3 is 0 Å². The van der Waals surface area contributed by atoms with Gasteiger partial charge in [-0.3, -0.25) is 4.79 Å². The van der Waals surface area contributed by atoms with Crippen LogP contribution in [0.3, 0.4) is 0 Å². The van der Waals surface area contributed by atoms with E-state index in [0.29, 0.717) is 12.3 Å². The number of hydrogen-bond acceptors (Lipinski definition) is 3. The van der Waals surface area contributed by atoms with Crippen LogP contribution < -0.4 is 10.1 Å². The number of ether oxygens (including phenoxy) is 1. The van der Waals surface area contributed by atoms with Gasteiger partial charge in [-0.05, 0) is 36.1 Å². The molecule has 0 saturated heterocycles. The molecule has 128 valence electrons. The Morgan fingerprint density at radius 2 is 1.96 bits per heavy atom. The number of rotatable bonds is 6. The Bertz CT molecular complexity index is 783. The molecule has 0 spiro atoms. The first-order valence-electron chi connectivity index (χ1n) is 8.35. The second-order valence-electron chi connectivity index (χ2n) is 5.88. The number of anilines is 1. The number of carbonyl (C=O) groups is 1. The third kappa shape index (κ3) is 5.00. The topological polar surface area (TPSA) is 38.3 Å². The Kier molecular flexibility index (Phi) is 5.96. The van der Waals surface area contributed by atoms with Gasteiger partial charge in [-0.25, -0.2) is 0 Å². The second-order valence-corrected chi connectivity index (χ2v) is 6.39. The summed E-state index contributed by atoms with van der Waals surface area (Å²) in [5, 5.41) is 2.38. The number of nitrogens with one attached hydrogen (secondary N) is 1. The van der Waals surface area contributed by atoms with Crippen LogP contribution in [0.15, 0.2) is 78.4 Å². The number of thiol groups is 1. The van der Waals surface area contributed by atoms with E-state index in [4.69, 9.17) is 4.74 Å². The van der Waals surface area contributed by atoms with Crippen LogP contribution in [0.25, 0.3) is 0 Å². The lowest BCUT2D eigenvalue weighted by molar-refractivity contribution is -0.115. The van der Waals surface area contributed by atoms with Crippen molar-refractivity contribution < 1.29 is 9.53 Å². The van der Waals surface area contributed by atoms with Crippen LogP contribution in [0.2, 0.25) is 0 Å². The minimum absolute atomic E-state index is 0.162. The fourth-order valence-electron chi connectivity index (χ4n) is 2.60. The number of amides is 1. The van der Waals surface area contributed by atoms with Gasteiger partial charge in [-0.15, -0.1) is 0 Å². The third-order valence-electron chi connectivity index (χ3n) is 3.94. The minimum Gasteiger partial charge on any atom is -0.489 e. The molecule has 2 aromatic rings. The summed E-state index contributed by atoms with van der Waals surface area (Å²) in [5.74, 6) is 0.567. The van der Waals surface area contributed by atoms with Crippen molar-refractivity contribution >= 4 is 24.2 Å². The monoisotopic (exact) mass is 351 g/mol. The maximum Gasteiger partial charge on any atom is 0.241 e. The van der Waals surface area contributed by atoms with Gasteiger partial charge in [0.15, 0.2) is 0 Å². The SMILES string of the molecule is O=C(Nc1cccc(OCC2=CCCC=C2)c1)C(S)c1ccccc1. The summed E-state index contributed by atoms with van der Waals surface area (Å²) in [4.78, 5) is 12.4. The summed E-state index contributed by atoms with van der Waals surface area (Å²) in [7, 11) is 0. The van der Waals surface area contributed by atoms with Gasteiger partial charge in [0.2, 0.25) is 5.91 Å². The van der Waals surface area contributed by atoms with Crippen molar-refractivity contribution in [2.75, 3.05) is 11.9 Å². The van der Waals surface area contributed by atoms with Crippen LogP contribution in [0, 0.1) is 0 Å². The Balaban J connectivity index is 1.60. The van der Waals surface area contributed by atoms with E-state index in [-0.39, 0.29) is 5.91 Å². The Morgan fingerprint density at radius 1 is 1.12 bits per heavy atom. The molecule has 0 heterocycles. The zero-order valence-electron chi connectivity index (χ0n) is 13.9. The first kappa shape index (κ1) is 17.4. The summed E-state index contributed by atoms with van der Waals surface area (Å²) in [6.07, 6.45) is 8.61. The number of benzene rings is 2. The fourth-order valence-corrected chi connectivity index (χ4v) is 2.84. The zero-order valence-corrected chi connectivity index (χ0v) is 14.8. The number of hydrogen-bond donors (Lipinski definition) is 2. The zero-order chi connectivity index (χ0) is 17.5. The van der Waals surface area contributed by atoms with E-state index in [1.807, 2.05) is 54.6 Å². The first-order chi connectivity index (χ1) is 12.2. The summed E-state index contributed by atoms with van der Waals surface area (Å²) >= 11 is 4.42. The van der Waals surface area contributed by atoms with Crippen LogP contribution in [0.5, 0.6) is 5.75 Å². The van der Waals surface area contributed by atoms with Gasteiger partial charge in [0.25, 0.3) is 0 Å². The molecule has 0 fully saturated rings. The lowest BCUT2D eigenvalue weighted by Gasteiger charge is -2.13. The first-order valence-corrected chi connectivity index (χ1v) is 8.86. The molecular weight excluding hydrogens is 330 g/mol. The molecule has 1 aliphatic rings. The molecule has 1 amide bonds. The van der Waals surface area contributed by atoms with E-state index in [9.17, 15) is 4.79 Å². The van der Waals surface area contributed by atoms with Crippen molar-refractivity contribution in [3.8, 4) is 5.75 Å². The summed E-state index contributed by atoms with van der Waals surface area (Å²) < 4.78 is 5.82. The lowest BCUT2D eigenvalue weighted by atomic mass is 10.1.